The van der Waals surface area contributed by atoms with Gasteiger partial charge in [0.1, 0.15) is 0 Å². The lowest BCUT2D eigenvalue weighted by Gasteiger charge is -1.91. The topological polar surface area (TPSA) is 38.1 Å². The Hall–Kier alpha value is -1.57. The van der Waals surface area contributed by atoms with E-state index in [1.54, 1.807) is 6.20 Å². The summed E-state index contributed by atoms with van der Waals surface area (Å²) >= 11 is 0. The molecule has 1 N–H and O–H groups in total. The fraction of sp³-hybridized carbons (Fsp3) is 0. The van der Waals surface area contributed by atoms with Crippen molar-refractivity contribution < 1.29 is 0 Å². The quantitative estimate of drug-likeness (QED) is 0.594. The van der Waals surface area contributed by atoms with Gasteiger partial charge in [0.15, 0.2) is 0 Å². The zero-order valence-electron chi connectivity index (χ0n) is 5.91. The van der Waals surface area contributed by atoms with Gasteiger partial charge in [-0.05, 0) is 11.6 Å². The van der Waals surface area contributed by atoms with Gasteiger partial charge in [0.2, 0.25) is 0 Å². The lowest BCUT2D eigenvalue weighted by Crippen LogP contribution is -1.71. The van der Waals surface area contributed by atoms with Crippen LogP contribution in [0.4, 0.5) is 0 Å². The van der Waals surface area contributed by atoms with Crippen molar-refractivity contribution in [1.29, 1.82) is 0 Å². The summed E-state index contributed by atoms with van der Waals surface area (Å²) in [5.41, 5.74) is 1.88. The van der Waals surface area contributed by atoms with Crippen molar-refractivity contribution in [3.63, 3.8) is 0 Å². The Morgan fingerprint density at radius 1 is 1.27 bits per heavy atom. The van der Waals surface area contributed by atoms with Gasteiger partial charge >= 0.3 is 0 Å². The normalized spacial score (nSPS) is 10.2. The molecular weight excluding hydrogens is 136 g/mol. The molecule has 0 amide bonds. The Bertz CT molecular complexity index is 387. The maximum absolute atomic E-state index is 8.78. The first-order chi connectivity index (χ1) is 5.42. The molecule has 1 aromatic heterocycles. The van der Waals surface area contributed by atoms with Crippen LogP contribution in [0.25, 0.3) is 16.3 Å². The number of fused-ring (bicyclic) bond motifs is 1. The lowest BCUT2D eigenvalue weighted by atomic mass is 10.2. The summed E-state index contributed by atoms with van der Waals surface area (Å²) in [7, 11) is 0. The largest absolute Gasteiger partial charge is 0.810 e. The molecule has 0 radical (unpaired) electrons. The second-order valence-electron chi connectivity index (χ2n) is 2.42. The number of aromatic amines is 1. The molecule has 54 valence electrons. The van der Waals surface area contributed by atoms with Gasteiger partial charge in [-0.25, -0.2) is 0 Å². The summed E-state index contributed by atoms with van der Waals surface area (Å²) in [6.07, 6.45) is 2.89. The number of H-pyrrole nitrogens is 1. The lowest BCUT2D eigenvalue weighted by molar-refractivity contribution is 1.47. The van der Waals surface area contributed by atoms with E-state index in [2.05, 4.69) is 4.98 Å². The Balaban J connectivity index is 2.86. The van der Waals surface area contributed by atoms with E-state index in [0.29, 0.717) is 0 Å². The minimum absolute atomic E-state index is 0.834. The van der Waals surface area contributed by atoms with Crippen LogP contribution in [0.3, 0.4) is 0 Å². The molecule has 1 heterocycles. The molecule has 0 aliphatic heterocycles. The number of nitrogens with one attached hydrogen (secondary N) is 1. The van der Waals surface area contributed by atoms with Crippen molar-refractivity contribution in [2.75, 3.05) is 0 Å². The van der Waals surface area contributed by atoms with Gasteiger partial charge in [-0.3, -0.25) is 0 Å². The molecule has 0 aliphatic carbocycles. The van der Waals surface area contributed by atoms with Crippen molar-refractivity contribution in [3.8, 4) is 0 Å². The molecule has 0 aliphatic rings. The third kappa shape index (κ3) is 0.835. The van der Waals surface area contributed by atoms with E-state index >= 15 is 0 Å². The number of hydrogen-bond donors (Lipinski definition) is 1. The van der Waals surface area contributed by atoms with Crippen molar-refractivity contribution >= 4 is 17.1 Å². The molecule has 2 nitrogen and oxygen atoms in total. The van der Waals surface area contributed by atoms with Crippen LogP contribution in [-0.2, 0) is 0 Å². The molecule has 2 heteroatoms. The van der Waals surface area contributed by atoms with E-state index in [1.807, 2.05) is 24.3 Å². The van der Waals surface area contributed by atoms with Crippen LogP contribution in [0.2, 0.25) is 0 Å². The van der Waals surface area contributed by atoms with Crippen LogP contribution in [0.1, 0.15) is 5.56 Å². The number of hydrogen-bond acceptors (Lipinski definition) is 0. The highest BCUT2D eigenvalue weighted by molar-refractivity contribution is 5.99. The van der Waals surface area contributed by atoms with Gasteiger partial charge in [-0.2, -0.15) is 6.21 Å². The molecule has 2 aromatic rings. The second kappa shape index (κ2) is 2.23. The van der Waals surface area contributed by atoms with Gasteiger partial charge in [-0.15, -0.1) is 0 Å². The highest BCUT2D eigenvalue weighted by Gasteiger charge is 1.94. The van der Waals surface area contributed by atoms with E-state index in [9.17, 15) is 0 Å². The molecule has 0 spiro atoms. The molecule has 1 aromatic carbocycles. The van der Waals surface area contributed by atoms with E-state index in [0.717, 1.165) is 22.7 Å². The first-order valence-electron chi connectivity index (χ1n) is 3.45. The van der Waals surface area contributed by atoms with Crippen LogP contribution in [0.15, 0.2) is 30.5 Å². The smallest absolute Gasteiger partial charge is 0.0459 e. The summed E-state index contributed by atoms with van der Waals surface area (Å²) in [5, 5.41) is 9.83. The fourth-order valence-corrected chi connectivity index (χ4v) is 1.20. The number of nitrogens with zero attached hydrogens (tertiary/aromatic N) is 1. The Morgan fingerprint density at radius 2 is 2.09 bits per heavy atom. The van der Waals surface area contributed by atoms with Crippen molar-refractivity contribution in [2.45, 2.75) is 0 Å². The van der Waals surface area contributed by atoms with Gasteiger partial charge in [0.25, 0.3) is 0 Å². The highest BCUT2D eigenvalue weighted by atomic mass is 14.7. The van der Waals surface area contributed by atoms with Crippen LogP contribution in [-0.4, -0.2) is 11.2 Å². The van der Waals surface area contributed by atoms with Gasteiger partial charge in [-0.1, -0.05) is 18.2 Å². The summed E-state index contributed by atoms with van der Waals surface area (Å²) in [5.74, 6) is 0. The molecular formula is C9H7N2-. The first kappa shape index (κ1) is 6.16. The van der Waals surface area contributed by atoms with Crippen LogP contribution >= 0.6 is 0 Å². The number of benzene rings is 1. The monoisotopic (exact) mass is 143 g/mol. The van der Waals surface area contributed by atoms with Crippen molar-refractivity contribution in [2.24, 2.45) is 0 Å². The van der Waals surface area contributed by atoms with E-state index in [-0.39, 0.29) is 0 Å². The average molecular weight is 143 g/mol. The molecule has 0 bridgehead atoms. The van der Waals surface area contributed by atoms with Gasteiger partial charge in [0.05, 0.1) is 0 Å². The number of aromatic nitrogens is 1. The molecule has 0 unspecified atom stereocenters. The molecule has 0 saturated carbocycles. The maximum atomic E-state index is 8.78. The van der Waals surface area contributed by atoms with Crippen molar-refractivity contribution in [1.82, 2.24) is 4.98 Å². The molecule has 0 saturated heterocycles. The number of rotatable bonds is 1. The average Bonchev–Trinajstić information content (AvgIpc) is 2.47. The molecule has 0 atom stereocenters. The Labute approximate surface area is 64.4 Å². The summed E-state index contributed by atoms with van der Waals surface area (Å²) in [6, 6.07) is 7.85. The maximum Gasteiger partial charge on any atom is 0.0459 e. The zero-order valence-corrected chi connectivity index (χ0v) is 5.91. The van der Waals surface area contributed by atoms with Crippen molar-refractivity contribution in [3.05, 3.63) is 41.4 Å². The SMILES string of the molecule is [N-]=Cc1c[nH]c2ccccc12. The van der Waals surface area contributed by atoms with E-state index < -0.39 is 0 Å². The Kier molecular flexibility index (Phi) is 1.25. The third-order valence-electron chi connectivity index (χ3n) is 1.76. The minimum Gasteiger partial charge on any atom is -0.810 e. The first-order valence-corrected chi connectivity index (χ1v) is 3.45. The van der Waals surface area contributed by atoms with Crippen LogP contribution < -0.4 is 0 Å². The molecule has 0 fully saturated rings. The van der Waals surface area contributed by atoms with E-state index in [4.69, 9.17) is 5.41 Å². The van der Waals surface area contributed by atoms with Crippen LogP contribution in [0.5, 0.6) is 0 Å². The molecule has 2 rings (SSSR count). The Morgan fingerprint density at radius 3 is 2.91 bits per heavy atom. The summed E-state index contributed by atoms with van der Waals surface area (Å²) in [4.78, 5) is 3.05. The zero-order chi connectivity index (χ0) is 7.68. The third-order valence-corrected chi connectivity index (χ3v) is 1.76. The fourth-order valence-electron chi connectivity index (χ4n) is 1.20. The standard InChI is InChI=1S/C9H7N2/c10-5-7-6-11-9-4-2-1-3-8(7)9/h1-6,11H/q-1. The van der Waals surface area contributed by atoms with Gasteiger partial charge < -0.3 is 10.4 Å². The van der Waals surface area contributed by atoms with E-state index in [1.165, 1.54) is 0 Å². The predicted octanol–water partition coefficient (Wildman–Crippen LogP) is 2.16. The highest BCUT2D eigenvalue weighted by Crippen LogP contribution is 2.15. The molecule has 11 heavy (non-hydrogen) atoms. The second-order valence-corrected chi connectivity index (χ2v) is 2.42. The van der Waals surface area contributed by atoms with Crippen LogP contribution in [0, 0.1) is 0 Å². The summed E-state index contributed by atoms with van der Waals surface area (Å²) in [6.45, 7) is 0. The number of para-hydroxylation sites is 1. The predicted molar refractivity (Wildman–Crippen MR) is 46.8 cm³/mol. The minimum atomic E-state index is 0.834. The summed E-state index contributed by atoms with van der Waals surface area (Å²) < 4.78 is 0. The van der Waals surface area contributed by atoms with Gasteiger partial charge in [0, 0.05) is 17.1 Å².